The fraction of sp³-hybridized carbons (Fsp3) is 0.625. The van der Waals surface area contributed by atoms with Gasteiger partial charge in [0.1, 0.15) is 0 Å². The van der Waals surface area contributed by atoms with Crippen molar-refractivity contribution < 1.29 is 4.79 Å². The lowest BCUT2D eigenvalue weighted by Gasteiger charge is -2.09. The third-order valence-electron chi connectivity index (χ3n) is 1.68. The molecule has 0 aliphatic carbocycles. The summed E-state index contributed by atoms with van der Waals surface area (Å²) in [6, 6.07) is 0. The molecule has 60 valence electrons. The molecule has 0 radical (unpaired) electrons. The molecule has 1 fully saturated rings. The summed E-state index contributed by atoms with van der Waals surface area (Å²) in [5, 5.41) is 0. The molecule has 0 N–H and O–H groups in total. The number of hydrogen-bond donors (Lipinski definition) is 0. The van der Waals surface area contributed by atoms with Gasteiger partial charge in [-0.05, 0) is 6.92 Å². The first-order valence-electron chi connectivity index (χ1n) is 3.60. The van der Waals surface area contributed by atoms with E-state index in [1.54, 1.807) is 4.90 Å². The van der Waals surface area contributed by atoms with E-state index in [9.17, 15) is 4.79 Å². The van der Waals surface area contributed by atoms with Gasteiger partial charge in [-0.1, -0.05) is 5.92 Å². The first-order chi connectivity index (χ1) is 5.24. The van der Waals surface area contributed by atoms with Gasteiger partial charge in [-0.25, -0.2) is 0 Å². The third-order valence-corrected chi connectivity index (χ3v) is 1.68. The van der Waals surface area contributed by atoms with Crippen molar-refractivity contribution in [1.82, 2.24) is 9.80 Å². The van der Waals surface area contributed by atoms with Crippen LogP contribution in [0.5, 0.6) is 0 Å². The molecule has 1 aliphatic rings. The van der Waals surface area contributed by atoms with E-state index in [1.165, 1.54) is 0 Å². The number of carbonyl (C=O) groups is 1. The lowest BCUT2D eigenvalue weighted by atomic mass is 10.5. The van der Waals surface area contributed by atoms with E-state index < -0.39 is 0 Å². The highest BCUT2D eigenvalue weighted by atomic mass is 16.2. The molecule has 1 amide bonds. The predicted octanol–water partition coefficient (Wildman–Crippen LogP) is -0.259. The number of carbonyl (C=O) groups excluding carboxylic acids is 1. The van der Waals surface area contributed by atoms with Crippen LogP contribution in [0.3, 0.4) is 0 Å². The van der Waals surface area contributed by atoms with Crippen LogP contribution in [0, 0.1) is 11.8 Å². The van der Waals surface area contributed by atoms with Crippen LogP contribution in [0.1, 0.15) is 6.92 Å². The summed E-state index contributed by atoms with van der Waals surface area (Å²) in [6.45, 7) is 3.74. The van der Waals surface area contributed by atoms with Gasteiger partial charge < -0.3 is 4.90 Å². The summed E-state index contributed by atoms with van der Waals surface area (Å²) in [6.07, 6.45) is 0. The van der Waals surface area contributed by atoms with Crippen molar-refractivity contribution in [3.8, 4) is 11.8 Å². The Labute approximate surface area is 67.0 Å². The number of likely N-dealkylation sites (N-methyl/N-ethyl adjacent to an activating group) is 1. The molecule has 1 aliphatic heterocycles. The SMILES string of the molecule is CC#CCN1CC(=O)N(C)C1. The van der Waals surface area contributed by atoms with Crippen LogP contribution in [0.2, 0.25) is 0 Å². The van der Waals surface area contributed by atoms with Gasteiger partial charge in [0, 0.05) is 7.05 Å². The molecule has 0 atom stereocenters. The van der Waals surface area contributed by atoms with Crippen molar-refractivity contribution in [1.29, 1.82) is 0 Å². The molecule has 0 bridgehead atoms. The van der Waals surface area contributed by atoms with E-state index in [0.717, 1.165) is 0 Å². The summed E-state index contributed by atoms with van der Waals surface area (Å²) >= 11 is 0. The first kappa shape index (κ1) is 8.09. The molecular weight excluding hydrogens is 140 g/mol. The van der Waals surface area contributed by atoms with E-state index in [1.807, 2.05) is 18.9 Å². The second-order valence-corrected chi connectivity index (χ2v) is 2.65. The maximum Gasteiger partial charge on any atom is 0.237 e. The van der Waals surface area contributed by atoms with Crippen LogP contribution in [0.15, 0.2) is 0 Å². The summed E-state index contributed by atoms with van der Waals surface area (Å²) in [5.74, 6) is 5.91. The molecule has 3 nitrogen and oxygen atoms in total. The van der Waals surface area contributed by atoms with Gasteiger partial charge in [-0.15, -0.1) is 5.92 Å². The second-order valence-electron chi connectivity index (χ2n) is 2.65. The Kier molecular flexibility index (Phi) is 2.50. The van der Waals surface area contributed by atoms with Gasteiger partial charge in [0.05, 0.1) is 19.8 Å². The van der Waals surface area contributed by atoms with Crippen LogP contribution < -0.4 is 0 Å². The minimum Gasteiger partial charge on any atom is -0.332 e. The largest absolute Gasteiger partial charge is 0.332 e. The van der Waals surface area contributed by atoms with E-state index in [0.29, 0.717) is 19.8 Å². The molecule has 0 unspecified atom stereocenters. The van der Waals surface area contributed by atoms with Crippen molar-refractivity contribution in [2.45, 2.75) is 6.92 Å². The Bertz CT molecular complexity index is 214. The van der Waals surface area contributed by atoms with Crippen LogP contribution in [0.25, 0.3) is 0 Å². The number of rotatable bonds is 1. The lowest BCUT2D eigenvalue weighted by molar-refractivity contribution is -0.125. The van der Waals surface area contributed by atoms with E-state index in [-0.39, 0.29) is 5.91 Å². The zero-order valence-electron chi connectivity index (χ0n) is 6.92. The summed E-state index contributed by atoms with van der Waals surface area (Å²) in [7, 11) is 1.81. The van der Waals surface area contributed by atoms with Crippen molar-refractivity contribution in [2.75, 3.05) is 26.8 Å². The van der Waals surface area contributed by atoms with Crippen LogP contribution in [-0.2, 0) is 4.79 Å². The zero-order valence-corrected chi connectivity index (χ0v) is 6.92. The molecule has 0 aromatic carbocycles. The second kappa shape index (κ2) is 3.40. The maximum absolute atomic E-state index is 11.0. The molecule has 11 heavy (non-hydrogen) atoms. The van der Waals surface area contributed by atoms with Crippen molar-refractivity contribution >= 4 is 5.91 Å². The Morgan fingerprint density at radius 3 is 2.82 bits per heavy atom. The van der Waals surface area contributed by atoms with E-state index in [4.69, 9.17) is 0 Å². The molecular formula is C8H12N2O. The van der Waals surface area contributed by atoms with Crippen LogP contribution in [-0.4, -0.2) is 42.5 Å². The average Bonchev–Trinajstić information content (AvgIpc) is 2.28. The summed E-state index contributed by atoms with van der Waals surface area (Å²) in [4.78, 5) is 14.7. The minimum atomic E-state index is 0.183. The number of nitrogens with zero attached hydrogens (tertiary/aromatic N) is 2. The molecule has 0 aromatic rings. The van der Waals surface area contributed by atoms with Gasteiger partial charge in [-0.2, -0.15) is 0 Å². The average molecular weight is 152 g/mol. The lowest BCUT2D eigenvalue weighted by Crippen LogP contribution is -2.23. The normalized spacial score (nSPS) is 18.4. The molecule has 0 spiro atoms. The van der Waals surface area contributed by atoms with Crippen LogP contribution in [0.4, 0.5) is 0 Å². The van der Waals surface area contributed by atoms with Crippen molar-refractivity contribution in [2.24, 2.45) is 0 Å². The van der Waals surface area contributed by atoms with Gasteiger partial charge in [0.25, 0.3) is 0 Å². The number of hydrogen-bond acceptors (Lipinski definition) is 2. The van der Waals surface area contributed by atoms with E-state index >= 15 is 0 Å². The zero-order chi connectivity index (χ0) is 8.27. The van der Waals surface area contributed by atoms with E-state index in [2.05, 4.69) is 11.8 Å². The highest BCUT2D eigenvalue weighted by molar-refractivity contribution is 5.79. The fourth-order valence-electron chi connectivity index (χ4n) is 1.04. The van der Waals surface area contributed by atoms with Crippen molar-refractivity contribution in [3.05, 3.63) is 0 Å². The van der Waals surface area contributed by atoms with Crippen molar-refractivity contribution in [3.63, 3.8) is 0 Å². The maximum atomic E-state index is 11.0. The summed E-state index contributed by atoms with van der Waals surface area (Å²) < 4.78 is 0. The third kappa shape index (κ3) is 1.95. The molecule has 3 heteroatoms. The quantitative estimate of drug-likeness (QED) is 0.483. The molecule has 1 heterocycles. The Hall–Kier alpha value is -1.01. The van der Waals surface area contributed by atoms with Gasteiger partial charge >= 0.3 is 0 Å². The molecule has 0 aromatic heterocycles. The Balaban J connectivity index is 2.39. The minimum absolute atomic E-state index is 0.183. The summed E-state index contributed by atoms with van der Waals surface area (Å²) in [5.41, 5.74) is 0. The molecule has 1 saturated heterocycles. The highest BCUT2D eigenvalue weighted by Crippen LogP contribution is 2.01. The molecule has 1 rings (SSSR count). The Morgan fingerprint density at radius 2 is 2.36 bits per heavy atom. The Morgan fingerprint density at radius 1 is 1.64 bits per heavy atom. The topological polar surface area (TPSA) is 23.6 Å². The van der Waals surface area contributed by atoms with Gasteiger partial charge in [-0.3, -0.25) is 9.69 Å². The molecule has 0 saturated carbocycles. The fourth-order valence-corrected chi connectivity index (χ4v) is 1.04. The monoisotopic (exact) mass is 152 g/mol. The highest BCUT2D eigenvalue weighted by Gasteiger charge is 2.22. The standard InChI is InChI=1S/C8H12N2O/c1-3-4-5-10-6-8(11)9(2)7-10/h5-7H2,1-2H3. The van der Waals surface area contributed by atoms with Gasteiger partial charge in [0.15, 0.2) is 0 Å². The van der Waals surface area contributed by atoms with Crippen LogP contribution >= 0.6 is 0 Å². The predicted molar refractivity (Wildman–Crippen MR) is 42.7 cm³/mol. The number of amides is 1. The van der Waals surface area contributed by atoms with Gasteiger partial charge in [0.2, 0.25) is 5.91 Å². The smallest absolute Gasteiger partial charge is 0.237 e. The first-order valence-corrected chi connectivity index (χ1v) is 3.60.